The molecule has 0 radical (unpaired) electrons. The van der Waals surface area contributed by atoms with Gasteiger partial charge in [-0.25, -0.2) is 23.2 Å². The number of benzene rings is 2. The molecule has 1 saturated heterocycles. The summed E-state index contributed by atoms with van der Waals surface area (Å²) in [5.74, 6) is -1.12. The average Bonchev–Trinajstić information content (AvgIpc) is 3.12. The molecule has 1 aliphatic rings. The van der Waals surface area contributed by atoms with Gasteiger partial charge in [0.05, 0.1) is 39.9 Å². The van der Waals surface area contributed by atoms with Crippen molar-refractivity contribution in [2.75, 3.05) is 31.3 Å². The topological polar surface area (TPSA) is 204 Å². The Morgan fingerprint density at radius 2 is 1.76 bits per heavy atom. The van der Waals surface area contributed by atoms with Crippen molar-refractivity contribution in [1.82, 2.24) is 14.9 Å². The quantitative estimate of drug-likeness (QED) is 0.0820. The number of hydrogen-bond acceptors (Lipinski definition) is 12. The number of aromatic nitrogens is 2. The number of anilines is 2. The van der Waals surface area contributed by atoms with E-state index in [9.17, 15) is 23.1 Å². The predicted molar refractivity (Wildman–Crippen MR) is 210 cm³/mol. The van der Waals surface area contributed by atoms with Gasteiger partial charge in [-0.15, -0.1) is 0 Å². The molecule has 0 spiro atoms. The highest BCUT2D eigenvalue weighted by atomic mass is 32.2. The monoisotopic (exact) mass is 783 g/mol. The number of phenols is 1. The van der Waals surface area contributed by atoms with Gasteiger partial charge in [-0.2, -0.15) is 0 Å². The zero-order valence-corrected chi connectivity index (χ0v) is 33.7. The van der Waals surface area contributed by atoms with Crippen LogP contribution in [0.4, 0.5) is 16.3 Å². The van der Waals surface area contributed by atoms with Crippen molar-refractivity contribution in [2.45, 2.75) is 127 Å². The Morgan fingerprint density at radius 3 is 2.42 bits per heavy atom. The number of hydrogen-bond donors (Lipinski definition) is 4. The molecule has 0 bridgehead atoms. The Hall–Kier alpha value is -4.31. The number of unbranched alkanes of at least 4 members (excludes halogenated alkanes) is 3. The number of aliphatic hydroxyl groups excluding tert-OH is 1. The number of nitrogens with two attached hydrogens (primary N) is 1. The smallest absolute Gasteiger partial charge is 0.410 e. The molecule has 0 saturated carbocycles. The molecule has 1 fully saturated rings. The van der Waals surface area contributed by atoms with Crippen LogP contribution in [0.15, 0.2) is 53.6 Å². The lowest BCUT2D eigenvalue weighted by Gasteiger charge is -2.33. The van der Waals surface area contributed by atoms with Crippen LogP contribution in [0.5, 0.6) is 5.75 Å². The fraction of sp³-hybridized carbons (Fsp3) is 0.550. The average molecular weight is 784 g/mol. The fourth-order valence-corrected chi connectivity index (χ4v) is 7.77. The summed E-state index contributed by atoms with van der Waals surface area (Å²) in [7, 11) is -2.29. The molecule has 2 aromatic carbocycles. The Labute approximate surface area is 324 Å². The maximum absolute atomic E-state index is 14.0. The van der Waals surface area contributed by atoms with Crippen molar-refractivity contribution >= 4 is 33.3 Å². The summed E-state index contributed by atoms with van der Waals surface area (Å²) >= 11 is 0. The third-order valence-electron chi connectivity index (χ3n) is 9.32. The van der Waals surface area contributed by atoms with Crippen LogP contribution in [0.1, 0.15) is 108 Å². The molecule has 2 atom stereocenters. The normalized spacial score (nSPS) is 15.7. The molecule has 0 aliphatic carbocycles. The van der Waals surface area contributed by atoms with Gasteiger partial charge >= 0.3 is 6.09 Å². The van der Waals surface area contributed by atoms with Crippen molar-refractivity contribution in [2.24, 2.45) is 0 Å². The molecular weight excluding hydrogens is 727 g/mol. The third kappa shape index (κ3) is 12.1. The van der Waals surface area contributed by atoms with Crippen molar-refractivity contribution < 1.29 is 42.4 Å². The first-order valence-corrected chi connectivity index (χ1v) is 20.3. The van der Waals surface area contributed by atoms with E-state index in [2.05, 4.69) is 15.3 Å². The molecule has 15 heteroatoms. The van der Waals surface area contributed by atoms with Gasteiger partial charge < -0.3 is 40.4 Å². The van der Waals surface area contributed by atoms with Crippen molar-refractivity contribution in [3.05, 3.63) is 59.9 Å². The number of aliphatic hydroxyl groups is 1. The first-order valence-electron chi connectivity index (χ1n) is 18.8. The molecule has 5 N–H and O–H groups in total. The van der Waals surface area contributed by atoms with Crippen LogP contribution < -0.4 is 11.1 Å². The number of nitrogens with zero attached hydrogens (tertiary/aromatic N) is 3. The molecule has 55 heavy (non-hydrogen) atoms. The minimum Gasteiger partial charge on any atom is -0.505 e. The van der Waals surface area contributed by atoms with E-state index < -0.39 is 32.2 Å². The summed E-state index contributed by atoms with van der Waals surface area (Å²) < 4.78 is 44.5. The second kappa shape index (κ2) is 19.0. The second-order valence-corrected chi connectivity index (χ2v) is 18.1. The zero-order chi connectivity index (χ0) is 40.4. The maximum atomic E-state index is 14.0. The van der Waals surface area contributed by atoms with Crippen molar-refractivity contribution in [3.8, 4) is 17.0 Å². The van der Waals surface area contributed by atoms with Gasteiger partial charge in [-0.3, -0.25) is 4.79 Å². The van der Waals surface area contributed by atoms with E-state index in [1.807, 2.05) is 0 Å². The number of nitrogen functional groups attached to an aromatic ring is 1. The fourth-order valence-electron chi connectivity index (χ4n) is 6.24. The van der Waals surface area contributed by atoms with E-state index in [0.717, 1.165) is 44.9 Å². The lowest BCUT2D eigenvalue weighted by Crippen LogP contribution is -2.39. The van der Waals surface area contributed by atoms with Crippen LogP contribution in [0.3, 0.4) is 0 Å². The molecule has 2 amide bonds. The molecule has 4 rings (SSSR count). The number of carbonyl (C=O) groups is 2. The SMILES string of the molecule is CN(Cc1cccc(NC(=O)c2nc(-c3ccc(S(=O)(=O)C(C)(C)CC(CCCCCCO)OC4CCCCO4)cc3)cnc2N)c1O)C(=O)OC(C)(C)C. The van der Waals surface area contributed by atoms with Crippen LogP contribution in [0, 0.1) is 0 Å². The standard InChI is InChI=1S/C40H57N5O9S/c1-39(2,3)54-38(49)45(6)26-28-14-13-16-31(35(28)47)44-37(48)34-36(41)42-25-32(43-34)27-18-20-30(21-19-27)55(50,51)40(4,5)24-29(15-9-7-8-11-22-46)53-33-17-10-12-23-52-33/h13-14,16,18-21,25,29,33,46-47H,7-12,15,17,22-24,26H2,1-6H3,(H2,41,42)(H,44,48). The summed E-state index contributed by atoms with van der Waals surface area (Å²) in [4.78, 5) is 35.9. The van der Waals surface area contributed by atoms with Gasteiger partial charge in [-0.1, -0.05) is 43.5 Å². The van der Waals surface area contributed by atoms with Gasteiger partial charge in [0.1, 0.15) is 11.4 Å². The molecule has 302 valence electrons. The van der Waals surface area contributed by atoms with Crippen LogP contribution in [0.2, 0.25) is 0 Å². The number of sulfone groups is 1. The van der Waals surface area contributed by atoms with Crippen LogP contribution in [-0.2, 0) is 30.6 Å². The molecule has 2 unspecified atom stereocenters. The molecule has 14 nitrogen and oxygen atoms in total. The van der Waals surface area contributed by atoms with Crippen LogP contribution in [0.25, 0.3) is 11.3 Å². The second-order valence-electron chi connectivity index (χ2n) is 15.6. The summed E-state index contributed by atoms with van der Waals surface area (Å²) in [6, 6.07) is 11.0. The first-order chi connectivity index (χ1) is 25.9. The number of nitrogens with one attached hydrogen (secondary N) is 1. The van der Waals surface area contributed by atoms with Gasteiger partial charge in [0, 0.05) is 31.4 Å². The number of carbonyl (C=O) groups excluding carboxylic acids is 2. The number of ether oxygens (including phenoxy) is 3. The van der Waals surface area contributed by atoms with Gasteiger partial charge in [-0.05, 0) is 91.3 Å². The first kappa shape index (κ1) is 43.4. The van der Waals surface area contributed by atoms with Crippen LogP contribution in [-0.4, -0.2) is 88.5 Å². The van der Waals surface area contributed by atoms with E-state index in [4.69, 9.17) is 25.1 Å². The van der Waals surface area contributed by atoms with Gasteiger partial charge in [0.25, 0.3) is 5.91 Å². The van der Waals surface area contributed by atoms with E-state index in [1.54, 1.807) is 58.9 Å². The zero-order valence-electron chi connectivity index (χ0n) is 32.8. The highest BCUT2D eigenvalue weighted by Gasteiger charge is 2.39. The summed E-state index contributed by atoms with van der Waals surface area (Å²) in [6.45, 7) is 9.48. The summed E-state index contributed by atoms with van der Waals surface area (Å²) in [5, 5.41) is 22.7. The third-order valence-corrected chi connectivity index (χ3v) is 11.8. The number of amides is 2. The minimum absolute atomic E-state index is 0.0146. The highest BCUT2D eigenvalue weighted by molar-refractivity contribution is 7.92. The summed E-state index contributed by atoms with van der Waals surface area (Å²) in [5.41, 5.74) is 6.39. The number of para-hydroxylation sites is 1. The molecule has 3 aromatic rings. The summed E-state index contributed by atoms with van der Waals surface area (Å²) in [6.07, 6.45) is 7.27. The van der Waals surface area contributed by atoms with Crippen molar-refractivity contribution in [3.63, 3.8) is 0 Å². The van der Waals surface area contributed by atoms with E-state index in [1.165, 1.54) is 36.3 Å². The minimum atomic E-state index is -3.83. The Balaban J connectivity index is 1.47. The molecule has 1 aliphatic heterocycles. The number of aromatic hydroxyl groups is 1. The largest absolute Gasteiger partial charge is 0.505 e. The van der Waals surface area contributed by atoms with Crippen LogP contribution >= 0.6 is 0 Å². The van der Waals surface area contributed by atoms with E-state index >= 15 is 0 Å². The van der Waals surface area contributed by atoms with Crippen molar-refractivity contribution in [1.29, 1.82) is 0 Å². The highest BCUT2D eigenvalue weighted by Crippen LogP contribution is 2.34. The number of rotatable bonds is 17. The lowest BCUT2D eigenvalue weighted by atomic mass is 9.99. The Morgan fingerprint density at radius 1 is 1.05 bits per heavy atom. The van der Waals surface area contributed by atoms with Gasteiger partial charge in [0.2, 0.25) is 0 Å². The van der Waals surface area contributed by atoms with E-state index in [-0.39, 0.29) is 65.5 Å². The molecule has 2 heterocycles. The molecular formula is C40H57N5O9S. The Bertz CT molecular complexity index is 1860. The Kier molecular flexibility index (Phi) is 15.0. The maximum Gasteiger partial charge on any atom is 0.410 e. The number of phenolic OH excluding ortho intramolecular Hbond substituents is 1. The van der Waals surface area contributed by atoms with Gasteiger partial charge in [0.15, 0.2) is 27.6 Å². The van der Waals surface area contributed by atoms with E-state index in [0.29, 0.717) is 24.2 Å². The lowest BCUT2D eigenvalue weighted by molar-refractivity contribution is -0.191. The molecule has 1 aromatic heterocycles. The predicted octanol–water partition coefficient (Wildman–Crippen LogP) is 6.85.